The van der Waals surface area contributed by atoms with Gasteiger partial charge in [0.2, 0.25) is 0 Å². The lowest BCUT2D eigenvalue weighted by atomic mass is 9.66. The second-order valence-corrected chi connectivity index (χ2v) is 12.6. The van der Waals surface area contributed by atoms with Gasteiger partial charge in [-0.05, 0) is 52.6 Å². The van der Waals surface area contributed by atoms with Crippen LogP contribution in [-0.4, -0.2) is 15.0 Å². The Kier molecular flexibility index (Phi) is 5.05. The molecular formula is C40H23N3OS. The van der Waals surface area contributed by atoms with E-state index in [1.54, 1.807) is 17.5 Å². The summed E-state index contributed by atoms with van der Waals surface area (Å²) in [7, 11) is 0. The fourth-order valence-corrected chi connectivity index (χ4v) is 8.64. The Bertz CT molecular complexity index is 2440. The van der Waals surface area contributed by atoms with Gasteiger partial charge in [-0.15, -0.1) is 11.3 Å². The zero-order valence-corrected chi connectivity index (χ0v) is 24.8. The number of pyridine rings is 1. The molecule has 0 saturated carbocycles. The van der Waals surface area contributed by atoms with Gasteiger partial charge in [-0.2, -0.15) is 0 Å². The van der Waals surface area contributed by atoms with E-state index >= 15 is 0 Å². The highest BCUT2D eigenvalue weighted by Gasteiger charge is 2.51. The number of ether oxygens (including phenoxy) is 1. The van der Waals surface area contributed by atoms with Crippen molar-refractivity contribution in [2.45, 2.75) is 5.41 Å². The minimum Gasteiger partial charge on any atom is -0.457 e. The minimum absolute atomic E-state index is 0.536. The van der Waals surface area contributed by atoms with Crippen molar-refractivity contribution < 1.29 is 4.74 Å². The number of hydrogen-bond donors (Lipinski definition) is 0. The number of fused-ring (bicyclic) bond motifs is 12. The van der Waals surface area contributed by atoms with E-state index in [0.717, 1.165) is 55.0 Å². The standard InChI is InChI=1S/C40H23N3OS/c1-3-15-28-25(12-1)35-27(14-9-18-31(35)40(28)29-16-4-6-19-32(29)44-33-20-7-5-17-30(33)40)37-38-36(26-13-2-8-21-34(26)45-38)42-39(43-37)24-11-10-22-41-23-24/h1-23H. The molecule has 0 fully saturated rings. The summed E-state index contributed by atoms with van der Waals surface area (Å²) in [6, 6.07) is 45.0. The quantitative estimate of drug-likeness (QED) is 0.200. The summed E-state index contributed by atoms with van der Waals surface area (Å²) in [5.41, 5.74) is 10.6. The first-order valence-corrected chi connectivity index (χ1v) is 15.8. The van der Waals surface area contributed by atoms with Crippen molar-refractivity contribution in [3.63, 3.8) is 0 Å². The Labute approximate surface area is 263 Å². The van der Waals surface area contributed by atoms with Crippen LogP contribution in [0.15, 0.2) is 140 Å². The van der Waals surface area contributed by atoms with E-state index in [-0.39, 0.29) is 0 Å². The Morgan fingerprint density at radius 3 is 2.07 bits per heavy atom. The normalized spacial score (nSPS) is 13.7. The Morgan fingerprint density at radius 1 is 0.578 bits per heavy atom. The largest absolute Gasteiger partial charge is 0.457 e. The molecule has 0 bridgehead atoms. The van der Waals surface area contributed by atoms with Crippen LogP contribution < -0.4 is 4.74 Å². The summed E-state index contributed by atoms with van der Waals surface area (Å²) >= 11 is 1.76. The van der Waals surface area contributed by atoms with Crippen LogP contribution in [0.3, 0.4) is 0 Å². The number of aromatic nitrogens is 3. The van der Waals surface area contributed by atoms with Gasteiger partial charge < -0.3 is 4.74 Å². The van der Waals surface area contributed by atoms with E-state index in [4.69, 9.17) is 14.7 Å². The fourth-order valence-electron chi connectivity index (χ4n) is 7.50. The SMILES string of the molecule is c1cncc(-c2nc(-c3cccc4c3-c3ccccc3C43c4ccccc4Oc4ccccc43)c3sc4ccccc4c3n2)c1. The van der Waals surface area contributed by atoms with Gasteiger partial charge in [-0.3, -0.25) is 4.98 Å². The lowest BCUT2D eigenvalue weighted by Gasteiger charge is -2.39. The molecule has 0 saturated heterocycles. The third-order valence-electron chi connectivity index (χ3n) is 9.27. The fraction of sp³-hybridized carbons (Fsp3) is 0.0250. The van der Waals surface area contributed by atoms with Crippen molar-refractivity contribution in [3.8, 4) is 45.3 Å². The first kappa shape index (κ1) is 24.8. The maximum atomic E-state index is 6.54. The van der Waals surface area contributed by atoms with Gasteiger partial charge in [0.05, 0.1) is 21.3 Å². The van der Waals surface area contributed by atoms with Gasteiger partial charge in [0.1, 0.15) is 11.5 Å². The summed E-state index contributed by atoms with van der Waals surface area (Å²) < 4.78 is 8.82. The molecule has 4 nitrogen and oxygen atoms in total. The van der Waals surface area contributed by atoms with E-state index < -0.39 is 5.41 Å². The first-order chi connectivity index (χ1) is 22.3. The van der Waals surface area contributed by atoms with Crippen LogP contribution in [0.5, 0.6) is 11.5 Å². The minimum atomic E-state index is -0.536. The molecular weight excluding hydrogens is 571 g/mol. The van der Waals surface area contributed by atoms with Gasteiger partial charge in [0.25, 0.3) is 0 Å². The van der Waals surface area contributed by atoms with Crippen molar-refractivity contribution in [1.29, 1.82) is 0 Å². The number of hydrogen-bond acceptors (Lipinski definition) is 5. The molecule has 8 aromatic rings. The van der Waals surface area contributed by atoms with E-state index in [2.05, 4.69) is 120 Å². The van der Waals surface area contributed by atoms with Gasteiger partial charge in [0, 0.05) is 44.7 Å². The van der Waals surface area contributed by atoms with Gasteiger partial charge in [-0.25, -0.2) is 9.97 Å². The van der Waals surface area contributed by atoms with Crippen LogP contribution in [0.1, 0.15) is 22.3 Å². The van der Waals surface area contributed by atoms with Gasteiger partial charge in [-0.1, -0.05) is 97.1 Å². The summed E-state index contributed by atoms with van der Waals surface area (Å²) in [4.78, 5) is 14.9. The Morgan fingerprint density at radius 2 is 1.27 bits per heavy atom. The zero-order valence-electron chi connectivity index (χ0n) is 23.9. The molecule has 1 aliphatic carbocycles. The second kappa shape index (κ2) is 9.18. The molecule has 2 aliphatic rings. The van der Waals surface area contributed by atoms with Crippen LogP contribution in [0.2, 0.25) is 0 Å². The number of thiophene rings is 1. The van der Waals surface area contributed by atoms with Crippen molar-refractivity contribution >= 4 is 31.6 Å². The molecule has 0 atom stereocenters. The molecule has 1 spiro atoms. The van der Waals surface area contributed by atoms with E-state index in [9.17, 15) is 0 Å². The van der Waals surface area contributed by atoms with E-state index in [0.29, 0.717) is 5.82 Å². The third kappa shape index (κ3) is 3.28. The van der Waals surface area contributed by atoms with Crippen LogP contribution in [0.25, 0.3) is 54.1 Å². The summed E-state index contributed by atoms with van der Waals surface area (Å²) in [5.74, 6) is 2.45. The highest BCUT2D eigenvalue weighted by atomic mass is 32.1. The lowest BCUT2D eigenvalue weighted by molar-refractivity contribution is 0.436. The predicted octanol–water partition coefficient (Wildman–Crippen LogP) is 10.0. The molecule has 3 aromatic heterocycles. The monoisotopic (exact) mass is 593 g/mol. The van der Waals surface area contributed by atoms with E-state index in [1.165, 1.54) is 27.0 Å². The van der Waals surface area contributed by atoms with Crippen LogP contribution >= 0.6 is 11.3 Å². The molecule has 0 amide bonds. The van der Waals surface area contributed by atoms with Crippen molar-refractivity contribution in [2.75, 3.05) is 0 Å². The summed E-state index contributed by atoms with van der Waals surface area (Å²) in [6.45, 7) is 0. The van der Waals surface area contributed by atoms with Crippen LogP contribution in [-0.2, 0) is 5.41 Å². The first-order valence-electron chi connectivity index (χ1n) is 15.0. The topological polar surface area (TPSA) is 47.9 Å². The lowest BCUT2D eigenvalue weighted by Crippen LogP contribution is -2.32. The smallest absolute Gasteiger partial charge is 0.162 e. The molecule has 10 rings (SSSR count). The summed E-state index contributed by atoms with van der Waals surface area (Å²) in [5, 5.41) is 1.14. The van der Waals surface area contributed by atoms with Crippen molar-refractivity contribution in [3.05, 3.63) is 162 Å². The highest BCUT2D eigenvalue weighted by molar-refractivity contribution is 7.26. The second-order valence-electron chi connectivity index (χ2n) is 11.5. The van der Waals surface area contributed by atoms with Gasteiger partial charge >= 0.3 is 0 Å². The van der Waals surface area contributed by atoms with E-state index in [1.807, 2.05) is 18.3 Å². The molecule has 210 valence electrons. The molecule has 4 heterocycles. The molecule has 45 heavy (non-hydrogen) atoms. The molecule has 5 heteroatoms. The van der Waals surface area contributed by atoms with Crippen molar-refractivity contribution in [1.82, 2.24) is 15.0 Å². The maximum Gasteiger partial charge on any atom is 0.162 e. The van der Waals surface area contributed by atoms with Crippen molar-refractivity contribution in [2.24, 2.45) is 0 Å². The highest BCUT2D eigenvalue weighted by Crippen LogP contribution is 2.63. The molecule has 0 unspecified atom stereocenters. The predicted molar refractivity (Wildman–Crippen MR) is 181 cm³/mol. The molecule has 0 N–H and O–H groups in total. The molecule has 0 radical (unpaired) electrons. The Balaban J connectivity index is 1.36. The average Bonchev–Trinajstić information content (AvgIpc) is 3.63. The van der Waals surface area contributed by atoms with Crippen LogP contribution in [0, 0.1) is 0 Å². The summed E-state index contributed by atoms with van der Waals surface area (Å²) in [6.07, 6.45) is 3.63. The van der Waals surface area contributed by atoms with Crippen LogP contribution in [0.4, 0.5) is 0 Å². The number of rotatable bonds is 2. The number of benzene rings is 5. The Hall–Kier alpha value is -5.65. The zero-order chi connectivity index (χ0) is 29.5. The van der Waals surface area contributed by atoms with Gasteiger partial charge in [0.15, 0.2) is 5.82 Å². The number of nitrogens with zero attached hydrogens (tertiary/aromatic N) is 3. The molecule has 1 aliphatic heterocycles. The number of para-hydroxylation sites is 2. The maximum absolute atomic E-state index is 6.54. The molecule has 5 aromatic carbocycles. The average molecular weight is 594 g/mol. The third-order valence-corrected chi connectivity index (χ3v) is 10.4.